The predicted molar refractivity (Wildman–Crippen MR) is 72.9 cm³/mol. The van der Waals surface area contributed by atoms with E-state index in [1.54, 1.807) is 46.9 Å². The molecule has 0 aliphatic rings. The van der Waals surface area contributed by atoms with Crippen LogP contribution in [0.3, 0.4) is 0 Å². The molecule has 0 saturated carbocycles. The highest BCUT2D eigenvalue weighted by atomic mass is 127. The largest absolute Gasteiger partial charge is 0.433 e. The Bertz CT molecular complexity index is 569. The first-order valence-corrected chi connectivity index (χ1v) is 6.61. The predicted octanol–water partition coefficient (Wildman–Crippen LogP) is 4.53. The van der Waals surface area contributed by atoms with Gasteiger partial charge in [-0.25, -0.2) is 9.97 Å². The van der Waals surface area contributed by atoms with Crippen molar-refractivity contribution < 1.29 is 13.2 Å². The van der Waals surface area contributed by atoms with E-state index in [-0.39, 0.29) is 9.53 Å². The van der Waals surface area contributed by atoms with Gasteiger partial charge in [-0.1, -0.05) is 28.1 Å². The number of aromatic nitrogens is 2. The Morgan fingerprint density at radius 3 is 2.22 bits per heavy atom. The minimum atomic E-state index is -4.47. The molecule has 0 atom stereocenters. The first-order chi connectivity index (χ1) is 8.36. The van der Waals surface area contributed by atoms with Crippen LogP contribution in [-0.2, 0) is 6.18 Å². The van der Waals surface area contributed by atoms with E-state index in [0.29, 0.717) is 5.56 Å². The fourth-order valence-corrected chi connectivity index (χ4v) is 2.12. The van der Waals surface area contributed by atoms with Crippen molar-refractivity contribution >= 4 is 38.5 Å². The molecule has 0 fully saturated rings. The molecule has 94 valence electrons. The number of halogens is 5. The Hall–Kier alpha value is -0.700. The second-order valence-corrected chi connectivity index (χ2v) is 5.29. The summed E-state index contributed by atoms with van der Waals surface area (Å²) in [6.07, 6.45) is -4.47. The normalized spacial score (nSPS) is 11.6. The number of hydrogen-bond donors (Lipinski definition) is 0. The molecule has 2 rings (SSSR count). The zero-order valence-corrected chi connectivity index (χ0v) is 12.4. The molecule has 0 unspecified atom stereocenters. The molecule has 1 aromatic carbocycles. The average Bonchev–Trinajstić information content (AvgIpc) is 2.28. The Morgan fingerprint density at radius 2 is 1.67 bits per heavy atom. The van der Waals surface area contributed by atoms with E-state index in [1.807, 2.05) is 0 Å². The van der Waals surface area contributed by atoms with Crippen LogP contribution in [0.25, 0.3) is 11.3 Å². The summed E-state index contributed by atoms with van der Waals surface area (Å²) >= 11 is 4.94. The number of rotatable bonds is 1. The van der Waals surface area contributed by atoms with Crippen LogP contribution in [0.4, 0.5) is 13.2 Å². The minimum Gasteiger partial charge on any atom is -0.223 e. The number of alkyl halides is 3. The Balaban J connectivity index is 2.52. The molecule has 0 aliphatic heterocycles. The third-order valence-corrected chi connectivity index (χ3v) is 3.14. The smallest absolute Gasteiger partial charge is 0.223 e. The molecule has 0 amide bonds. The first-order valence-electron chi connectivity index (χ1n) is 4.74. The lowest BCUT2D eigenvalue weighted by Gasteiger charge is -2.08. The van der Waals surface area contributed by atoms with E-state index in [2.05, 4.69) is 25.9 Å². The molecule has 0 spiro atoms. The lowest BCUT2D eigenvalue weighted by atomic mass is 10.1. The Morgan fingerprint density at radius 1 is 1.06 bits per heavy atom. The topological polar surface area (TPSA) is 25.8 Å². The maximum Gasteiger partial charge on any atom is 0.433 e. The highest BCUT2D eigenvalue weighted by Crippen LogP contribution is 2.30. The van der Waals surface area contributed by atoms with Gasteiger partial charge in [0.15, 0.2) is 3.83 Å². The number of benzene rings is 1. The molecular formula is C11H5BrF3IN2. The van der Waals surface area contributed by atoms with Gasteiger partial charge in [-0.05, 0) is 18.2 Å². The van der Waals surface area contributed by atoms with Gasteiger partial charge in [-0.3, -0.25) is 0 Å². The van der Waals surface area contributed by atoms with Crippen molar-refractivity contribution in [2.24, 2.45) is 0 Å². The zero-order chi connectivity index (χ0) is 13.3. The third kappa shape index (κ3) is 3.19. The van der Waals surface area contributed by atoms with E-state index in [4.69, 9.17) is 0 Å². The maximum atomic E-state index is 12.6. The second kappa shape index (κ2) is 5.12. The van der Waals surface area contributed by atoms with E-state index < -0.39 is 11.9 Å². The highest BCUT2D eigenvalue weighted by Gasteiger charge is 2.33. The van der Waals surface area contributed by atoms with Crippen LogP contribution < -0.4 is 0 Å². The summed E-state index contributed by atoms with van der Waals surface area (Å²) in [7, 11) is 0. The van der Waals surface area contributed by atoms with E-state index in [9.17, 15) is 13.2 Å². The van der Waals surface area contributed by atoms with Crippen LogP contribution >= 0.6 is 38.5 Å². The highest BCUT2D eigenvalue weighted by molar-refractivity contribution is 14.1. The lowest BCUT2D eigenvalue weighted by molar-refractivity contribution is -0.141. The number of hydrogen-bond acceptors (Lipinski definition) is 2. The quantitative estimate of drug-likeness (QED) is 0.492. The van der Waals surface area contributed by atoms with E-state index in [1.165, 1.54) is 0 Å². The van der Waals surface area contributed by atoms with Gasteiger partial charge >= 0.3 is 6.18 Å². The average molecular weight is 429 g/mol. The van der Waals surface area contributed by atoms with E-state index in [0.717, 1.165) is 10.5 Å². The van der Waals surface area contributed by atoms with E-state index >= 15 is 0 Å². The van der Waals surface area contributed by atoms with Gasteiger partial charge in [0.05, 0.1) is 5.69 Å². The van der Waals surface area contributed by atoms with Crippen LogP contribution in [0.15, 0.2) is 34.8 Å². The molecule has 0 aliphatic carbocycles. The summed E-state index contributed by atoms with van der Waals surface area (Å²) in [5, 5.41) is 0. The van der Waals surface area contributed by atoms with Gasteiger partial charge < -0.3 is 0 Å². The molecule has 1 aromatic heterocycles. The molecule has 0 saturated heterocycles. The lowest BCUT2D eigenvalue weighted by Crippen LogP contribution is -2.10. The maximum absolute atomic E-state index is 12.6. The summed E-state index contributed by atoms with van der Waals surface area (Å²) in [5.41, 5.74) is -0.0574. The molecule has 7 heteroatoms. The summed E-state index contributed by atoms with van der Waals surface area (Å²) in [5.74, 6) is 0. The Labute approximate surface area is 123 Å². The fraction of sp³-hybridized carbons (Fsp3) is 0.0909. The molecule has 2 aromatic rings. The molecule has 1 heterocycles. The summed E-state index contributed by atoms with van der Waals surface area (Å²) in [6.45, 7) is 0. The summed E-state index contributed by atoms with van der Waals surface area (Å²) < 4.78 is 38.8. The standard InChI is InChI=1S/C11H5BrF3IN2/c12-7-3-1-6(2-4-7)8-5-9(11(13,14)15)18-10(16)17-8/h1-5H. The van der Waals surface area contributed by atoms with Crippen molar-refractivity contribution in [3.63, 3.8) is 0 Å². The van der Waals surface area contributed by atoms with Gasteiger partial charge in [0.2, 0.25) is 0 Å². The van der Waals surface area contributed by atoms with Crippen LogP contribution in [0.5, 0.6) is 0 Å². The van der Waals surface area contributed by atoms with Gasteiger partial charge in [-0.15, -0.1) is 0 Å². The molecule has 2 nitrogen and oxygen atoms in total. The van der Waals surface area contributed by atoms with Crippen molar-refractivity contribution in [2.45, 2.75) is 6.18 Å². The summed E-state index contributed by atoms with van der Waals surface area (Å²) in [6, 6.07) is 7.84. The van der Waals surface area contributed by atoms with Gasteiger partial charge in [-0.2, -0.15) is 13.2 Å². The Kier molecular flexibility index (Phi) is 3.90. The minimum absolute atomic E-state index is 0.0698. The summed E-state index contributed by atoms with van der Waals surface area (Å²) in [4.78, 5) is 7.40. The van der Waals surface area contributed by atoms with Crippen molar-refractivity contribution in [1.29, 1.82) is 0 Å². The van der Waals surface area contributed by atoms with Gasteiger partial charge in [0.1, 0.15) is 5.69 Å². The molecule has 18 heavy (non-hydrogen) atoms. The van der Waals surface area contributed by atoms with Crippen LogP contribution in [0, 0.1) is 3.83 Å². The van der Waals surface area contributed by atoms with Gasteiger partial charge in [0.25, 0.3) is 0 Å². The van der Waals surface area contributed by atoms with Crippen LogP contribution in [0.1, 0.15) is 5.69 Å². The molecule has 0 N–H and O–H groups in total. The SMILES string of the molecule is FC(F)(F)c1cc(-c2ccc(Br)cc2)nc(I)n1. The van der Waals surface area contributed by atoms with Crippen molar-refractivity contribution in [1.82, 2.24) is 9.97 Å². The monoisotopic (exact) mass is 428 g/mol. The molecule has 0 bridgehead atoms. The van der Waals surface area contributed by atoms with Crippen molar-refractivity contribution in [3.8, 4) is 11.3 Å². The van der Waals surface area contributed by atoms with Crippen molar-refractivity contribution in [2.75, 3.05) is 0 Å². The van der Waals surface area contributed by atoms with Crippen molar-refractivity contribution in [3.05, 3.63) is 44.3 Å². The molecule has 0 radical (unpaired) electrons. The van der Waals surface area contributed by atoms with Gasteiger partial charge in [0, 0.05) is 32.6 Å². The first kappa shape index (κ1) is 13.7. The second-order valence-electron chi connectivity index (χ2n) is 3.41. The fourth-order valence-electron chi connectivity index (χ4n) is 1.33. The number of nitrogens with zero attached hydrogens (tertiary/aromatic N) is 2. The third-order valence-electron chi connectivity index (χ3n) is 2.13. The van der Waals surface area contributed by atoms with Crippen LogP contribution in [0.2, 0.25) is 0 Å². The zero-order valence-electron chi connectivity index (χ0n) is 8.67. The van der Waals surface area contributed by atoms with Crippen LogP contribution in [-0.4, -0.2) is 9.97 Å². The molecular weight excluding hydrogens is 424 g/mol.